The Morgan fingerprint density at radius 3 is 2.38 bits per heavy atom. The largest absolute Gasteiger partial charge is 0.497 e. The highest BCUT2D eigenvalue weighted by atomic mass is 35.5. The van der Waals surface area contributed by atoms with Gasteiger partial charge in [-0.05, 0) is 90.7 Å². The van der Waals surface area contributed by atoms with Crippen molar-refractivity contribution in [2.45, 2.75) is 24.8 Å². The van der Waals surface area contributed by atoms with Crippen LogP contribution in [0.3, 0.4) is 0 Å². The van der Waals surface area contributed by atoms with Gasteiger partial charge in [0.2, 0.25) is 15.9 Å². The summed E-state index contributed by atoms with van der Waals surface area (Å²) in [5.74, 6) is -0.00152. The van der Waals surface area contributed by atoms with Crippen molar-refractivity contribution < 1.29 is 22.7 Å². The number of rotatable bonds is 9. The van der Waals surface area contributed by atoms with Gasteiger partial charge in [0, 0.05) is 35.1 Å². The van der Waals surface area contributed by atoms with Crippen LogP contribution >= 0.6 is 11.6 Å². The van der Waals surface area contributed by atoms with Crippen LogP contribution in [-0.4, -0.2) is 44.7 Å². The quantitative estimate of drug-likeness (QED) is 0.265. The van der Waals surface area contributed by atoms with Gasteiger partial charge in [-0.2, -0.15) is 4.31 Å². The highest BCUT2D eigenvalue weighted by Gasteiger charge is 2.29. The Balaban J connectivity index is 1.36. The van der Waals surface area contributed by atoms with Crippen LogP contribution in [0.5, 0.6) is 5.75 Å². The Labute approximate surface area is 250 Å². The van der Waals surface area contributed by atoms with Gasteiger partial charge in [-0.3, -0.25) is 9.59 Å². The van der Waals surface area contributed by atoms with Gasteiger partial charge >= 0.3 is 0 Å². The molecular weight excluding hydrogens is 574 g/mol. The average Bonchev–Trinajstić information content (AvgIpc) is 3.41. The predicted octanol–water partition coefficient (Wildman–Crippen LogP) is 5.69. The first-order valence-corrected chi connectivity index (χ1v) is 15.2. The lowest BCUT2D eigenvalue weighted by Crippen LogP contribution is -2.37. The molecule has 0 fully saturated rings. The Morgan fingerprint density at radius 1 is 0.976 bits per heavy atom. The van der Waals surface area contributed by atoms with Crippen molar-refractivity contribution in [1.82, 2.24) is 4.31 Å². The fourth-order valence-electron chi connectivity index (χ4n) is 4.88. The number of carbonyl (C=O) groups excluding carboxylic acids is 2. The van der Waals surface area contributed by atoms with Crippen LogP contribution in [0.15, 0.2) is 95.9 Å². The van der Waals surface area contributed by atoms with Crippen LogP contribution in [0.4, 0.5) is 11.4 Å². The molecule has 216 valence electrons. The van der Waals surface area contributed by atoms with Crippen LogP contribution in [-0.2, 0) is 27.8 Å². The molecule has 0 aromatic heterocycles. The van der Waals surface area contributed by atoms with Crippen molar-refractivity contribution in [3.05, 3.63) is 118 Å². The summed E-state index contributed by atoms with van der Waals surface area (Å²) in [5.41, 5.74) is 4.38. The summed E-state index contributed by atoms with van der Waals surface area (Å²) in [6, 6.07) is 25.6. The molecule has 0 bridgehead atoms. The van der Waals surface area contributed by atoms with Gasteiger partial charge in [0.25, 0.3) is 5.91 Å². The third-order valence-corrected chi connectivity index (χ3v) is 9.28. The minimum absolute atomic E-state index is 0.0133. The number of methoxy groups -OCH3 is 1. The van der Waals surface area contributed by atoms with Gasteiger partial charge in [0.1, 0.15) is 5.75 Å². The smallest absolute Gasteiger partial charge is 0.258 e. The van der Waals surface area contributed by atoms with E-state index in [-0.39, 0.29) is 17.3 Å². The van der Waals surface area contributed by atoms with Crippen molar-refractivity contribution in [2.75, 3.05) is 30.4 Å². The average molecular weight is 604 g/mol. The number of carbonyl (C=O) groups is 2. The number of sulfonamides is 1. The van der Waals surface area contributed by atoms with E-state index in [1.54, 1.807) is 48.4 Å². The van der Waals surface area contributed by atoms with E-state index in [2.05, 4.69) is 5.32 Å². The number of fused-ring (bicyclic) bond motifs is 1. The third-order valence-electron chi connectivity index (χ3n) is 7.23. The monoisotopic (exact) mass is 603 g/mol. The van der Waals surface area contributed by atoms with Crippen molar-refractivity contribution in [3.63, 3.8) is 0 Å². The van der Waals surface area contributed by atoms with Crippen molar-refractivity contribution in [3.8, 4) is 5.75 Å². The summed E-state index contributed by atoms with van der Waals surface area (Å²) < 4.78 is 33.6. The number of ether oxygens (including phenoxy) is 1. The molecule has 0 radical (unpaired) electrons. The number of hydrogen-bond acceptors (Lipinski definition) is 5. The van der Waals surface area contributed by atoms with Crippen LogP contribution in [0.1, 0.15) is 27.0 Å². The molecule has 1 aliphatic heterocycles. The van der Waals surface area contributed by atoms with Gasteiger partial charge in [-0.15, -0.1) is 0 Å². The second kappa shape index (κ2) is 12.4. The number of halogens is 1. The SMILES string of the molecule is COc1ccc(C(=O)N2CCc3ccc(NC(=O)CN(Cc4ccccc4C)S(=O)(=O)c4ccc(Cl)cc4)cc32)cc1. The first-order chi connectivity index (χ1) is 20.2. The number of nitrogens with one attached hydrogen (secondary N) is 1. The molecule has 5 rings (SSSR count). The summed E-state index contributed by atoms with van der Waals surface area (Å²) in [4.78, 5) is 28.3. The summed E-state index contributed by atoms with van der Waals surface area (Å²) in [6.45, 7) is 2.01. The zero-order valence-electron chi connectivity index (χ0n) is 23.2. The first kappa shape index (κ1) is 29.3. The summed E-state index contributed by atoms with van der Waals surface area (Å²) in [6.07, 6.45) is 0.689. The second-order valence-corrected chi connectivity index (χ2v) is 12.4. The molecule has 4 aromatic rings. The Kier molecular flexibility index (Phi) is 8.63. The molecule has 1 N–H and O–H groups in total. The standard InChI is InChI=1S/C32H30ClN3O5S/c1-22-5-3-4-6-25(22)20-35(42(39,40)29-15-10-26(33)11-16-29)21-31(37)34-27-12-7-23-17-18-36(30(23)19-27)32(38)24-8-13-28(41-2)14-9-24/h3-16,19H,17-18,20-21H2,1-2H3,(H,34,37). The molecule has 0 saturated heterocycles. The van der Waals surface area contributed by atoms with Gasteiger partial charge in [-0.25, -0.2) is 8.42 Å². The molecule has 1 aliphatic rings. The third kappa shape index (κ3) is 6.33. The maximum atomic E-state index is 13.6. The molecule has 0 aliphatic carbocycles. The van der Waals surface area contributed by atoms with E-state index in [9.17, 15) is 18.0 Å². The highest BCUT2D eigenvalue weighted by molar-refractivity contribution is 7.89. The molecule has 0 atom stereocenters. The zero-order valence-corrected chi connectivity index (χ0v) is 24.8. The maximum Gasteiger partial charge on any atom is 0.258 e. The number of nitrogens with zero attached hydrogens (tertiary/aromatic N) is 2. The van der Waals surface area contributed by atoms with E-state index in [1.807, 2.05) is 37.3 Å². The summed E-state index contributed by atoms with van der Waals surface area (Å²) in [5, 5.41) is 3.24. The molecule has 0 saturated carbocycles. The van der Waals surface area contributed by atoms with Crippen LogP contribution < -0.4 is 15.0 Å². The van der Waals surface area contributed by atoms with Gasteiger partial charge in [0.15, 0.2) is 0 Å². The number of anilines is 2. The van der Waals surface area contributed by atoms with Crippen LogP contribution in [0.25, 0.3) is 0 Å². The molecule has 4 aromatic carbocycles. The van der Waals surface area contributed by atoms with E-state index >= 15 is 0 Å². The number of benzene rings is 4. The minimum atomic E-state index is -4.03. The van der Waals surface area contributed by atoms with E-state index in [0.717, 1.165) is 21.0 Å². The molecule has 42 heavy (non-hydrogen) atoms. The highest BCUT2D eigenvalue weighted by Crippen LogP contribution is 2.32. The summed E-state index contributed by atoms with van der Waals surface area (Å²) >= 11 is 5.98. The van der Waals surface area contributed by atoms with E-state index in [1.165, 1.54) is 24.3 Å². The Hall–Kier alpha value is -4.18. The first-order valence-electron chi connectivity index (χ1n) is 13.3. The normalized spacial score (nSPS) is 12.7. The fraction of sp³-hybridized carbons (Fsp3) is 0.188. The molecular formula is C32H30ClN3O5S. The number of amides is 2. The summed E-state index contributed by atoms with van der Waals surface area (Å²) in [7, 11) is -2.47. The van der Waals surface area contributed by atoms with E-state index in [0.29, 0.717) is 40.7 Å². The van der Waals surface area contributed by atoms with Crippen molar-refractivity contribution in [1.29, 1.82) is 0 Å². The molecule has 1 heterocycles. The zero-order chi connectivity index (χ0) is 29.9. The van der Waals surface area contributed by atoms with Gasteiger partial charge in [0.05, 0.1) is 18.6 Å². The Morgan fingerprint density at radius 2 is 1.69 bits per heavy atom. The lowest BCUT2D eigenvalue weighted by Gasteiger charge is -2.23. The van der Waals surface area contributed by atoms with Crippen molar-refractivity contribution in [2.24, 2.45) is 0 Å². The number of hydrogen-bond donors (Lipinski definition) is 1. The molecule has 0 spiro atoms. The van der Waals surface area contributed by atoms with E-state index < -0.39 is 22.5 Å². The molecule has 8 nitrogen and oxygen atoms in total. The molecule has 10 heteroatoms. The predicted molar refractivity (Wildman–Crippen MR) is 164 cm³/mol. The lowest BCUT2D eigenvalue weighted by atomic mass is 10.1. The van der Waals surface area contributed by atoms with E-state index in [4.69, 9.17) is 16.3 Å². The minimum Gasteiger partial charge on any atom is -0.497 e. The number of aryl methyl sites for hydroxylation is 1. The topological polar surface area (TPSA) is 96.0 Å². The maximum absolute atomic E-state index is 13.6. The van der Waals surface area contributed by atoms with Crippen LogP contribution in [0, 0.1) is 6.92 Å². The second-order valence-electron chi connectivity index (χ2n) is 9.98. The molecule has 2 amide bonds. The van der Waals surface area contributed by atoms with Gasteiger partial charge in [-0.1, -0.05) is 41.9 Å². The lowest BCUT2D eigenvalue weighted by molar-refractivity contribution is -0.116. The molecule has 0 unspecified atom stereocenters. The van der Waals surface area contributed by atoms with Gasteiger partial charge < -0.3 is 15.0 Å². The van der Waals surface area contributed by atoms with Crippen molar-refractivity contribution >= 4 is 44.8 Å². The Bertz CT molecular complexity index is 1720. The van der Waals surface area contributed by atoms with Crippen LogP contribution in [0.2, 0.25) is 5.02 Å². The fourth-order valence-corrected chi connectivity index (χ4v) is 6.38.